The molecular weight excluding hydrogens is 276 g/mol. The third-order valence-corrected chi connectivity index (χ3v) is 3.52. The molecular formula is C19H24O3. The zero-order chi connectivity index (χ0) is 15.6. The van der Waals surface area contributed by atoms with Gasteiger partial charge in [0, 0.05) is 26.4 Å². The number of unbranched alkanes of at least 4 members (excludes halogenated alkanes) is 1. The summed E-state index contributed by atoms with van der Waals surface area (Å²) in [5.41, 5.74) is 3.44. The van der Waals surface area contributed by atoms with Crippen molar-refractivity contribution in [1.82, 2.24) is 0 Å². The predicted octanol–water partition coefficient (Wildman–Crippen LogP) is 4.44. The molecule has 0 aliphatic heterocycles. The fourth-order valence-electron chi connectivity index (χ4n) is 2.30. The van der Waals surface area contributed by atoms with Crippen molar-refractivity contribution >= 4 is 0 Å². The van der Waals surface area contributed by atoms with Crippen molar-refractivity contribution < 1.29 is 14.2 Å². The van der Waals surface area contributed by atoms with Crippen molar-refractivity contribution in [2.24, 2.45) is 0 Å². The predicted molar refractivity (Wildman–Crippen MR) is 88.7 cm³/mol. The fraction of sp³-hybridized carbons (Fsp3) is 0.368. The fourth-order valence-corrected chi connectivity index (χ4v) is 2.30. The molecule has 0 amide bonds. The van der Waals surface area contributed by atoms with Crippen LogP contribution in [0.15, 0.2) is 54.6 Å². The van der Waals surface area contributed by atoms with Crippen LogP contribution in [0.25, 0.3) is 11.1 Å². The number of benzene rings is 2. The van der Waals surface area contributed by atoms with Gasteiger partial charge in [-0.1, -0.05) is 54.6 Å². The molecule has 0 bridgehead atoms. The van der Waals surface area contributed by atoms with Crippen LogP contribution in [0.5, 0.6) is 0 Å². The normalized spacial score (nSPS) is 12.3. The van der Waals surface area contributed by atoms with E-state index in [1.165, 1.54) is 11.1 Å². The first-order valence-corrected chi connectivity index (χ1v) is 7.64. The molecule has 22 heavy (non-hydrogen) atoms. The van der Waals surface area contributed by atoms with Gasteiger partial charge in [0.1, 0.15) is 0 Å². The zero-order valence-corrected chi connectivity index (χ0v) is 13.3. The first kappa shape index (κ1) is 16.7. The summed E-state index contributed by atoms with van der Waals surface area (Å²) >= 11 is 0. The maximum absolute atomic E-state index is 5.79. The van der Waals surface area contributed by atoms with Crippen molar-refractivity contribution in [2.45, 2.75) is 19.1 Å². The SMILES string of the molecule is COCCCCOC(OC)c1ccc(-c2ccccc2)cc1. The Morgan fingerprint density at radius 1 is 0.773 bits per heavy atom. The molecule has 2 aromatic carbocycles. The summed E-state index contributed by atoms with van der Waals surface area (Å²) in [7, 11) is 3.39. The van der Waals surface area contributed by atoms with Crippen LogP contribution in [-0.4, -0.2) is 27.4 Å². The van der Waals surface area contributed by atoms with E-state index in [-0.39, 0.29) is 6.29 Å². The molecule has 0 fully saturated rings. The smallest absolute Gasteiger partial charge is 0.183 e. The van der Waals surface area contributed by atoms with Crippen LogP contribution in [0.2, 0.25) is 0 Å². The minimum atomic E-state index is -0.313. The van der Waals surface area contributed by atoms with Crippen LogP contribution >= 0.6 is 0 Å². The third-order valence-electron chi connectivity index (χ3n) is 3.52. The summed E-state index contributed by atoms with van der Waals surface area (Å²) < 4.78 is 16.3. The molecule has 2 rings (SSSR count). The van der Waals surface area contributed by atoms with Gasteiger partial charge in [-0.3, -0.25) is 0 Å². The first-order valence-electron chi connectivity index (χ1n) is 7.64. The van der Waals surface area contributed by atoms with Gasteiger partial charge in [0.25, 0.3) is 0 Å². The second-order valence-electron chi connectivity index (χ2n) is 5.13. The number of hydrogen-bond acceptors (Lipinski definition) is 3. The Labute approximate surface area is 132 Å². The Morgan fingerprint density at radius 2 is 1.41 bits per heavy atom. The van der Waals surface area contributed by atoms with E-state index in [0.29, 0.717) is 6.61 Å². The van der Waals surface area contributed by atoms with Crippen molar-refractivity contribution in [2.75, 3.05) is 27.4 Å². The quantitative estimate of drug-likeness (QED) is 0.506. The summed E-state index contributed by atoms with van der Waals surface area (Å²) in [6.07, 6.45) is 1.66. The molecule has 0 saturated heterocycles. The van der Waals surface area contributed by atoms with Gasteiger partial charge in [0.15, 0.2) is 6.29 Å². The summed E-state index contributed by atoms with van der Waals surface area (Å²) in [6, 6.07) is 18.7. The van der Waals surface area contributed by atoms with Crippen LogP contribution in [0, 0.1) is 0 Å². The lowest BCUT2D eigenvalue weighted by atomic mass is 10.0. The second-order valence-corrected chi connectivity index (χ2v) is 5.13. The van der Waals surface area contributed by atoms with Crippen molar-refractivity contribution in [3.05, 3.63) is 60.2 Å². The minimum absolute atomic E-state index is 0.313. The second kappa shape index (κ2) is 9.36. The summed E-state index contributed by atoms with van der Waals surface area (Å²) in [5, 5.41) is 0. The van der Waals surface area contributed by atoms with E-state index in [4.69, 9.17) is 14.2 Å². The number of hydrogen-bond donors (Lipinski definition) is 0. The van der Waals surface area contributed by atoms with Crippen LogP contribution in [0.4, 0.5) is 0 Å². The monoisotopic (exact) mass is 300 g/mol. The molecule has 0 saturated carbocycles. The van der Waals surface area contributed by atoms with E-state index < -0.39 is 0 Å². The molecule has 0 N–H and O–H groups in total. The molecule has 3 nitrogen and oxygen atoms in total. The lowest BCUT2D eigenvalue weighted by molar-refractivity contribution is -0.128. The lowest BCUT2D eigenvalue weighted by Gasteiger charge is -2.17. The van der Waals surface area contributed by atoms with Gasteiger partial charge in [-0.25, -0.2) is 0 Å². The van der Waals surface area contributed by atoms with Crippen LogP contribution < -0.4 is 0 Å². The van der Waals surface area contributed by atoms with E-state index in [2.05, 4.69) is 36.4 Å². The molecule has 0 spiro atoms. The molecule has 0 heterocycles. The molecule has 118 valence electrons. The Bertz CT molecular complexity index is 522. The molecule has 0 radical (unpaired) electrons. The van der Waals surface area contributed by atoms with Crippen molar-refractivity contribution in [3.8, 4) is 11.1 Å². The van der Waals surface area contributed by atoms with Crippen LogP contribution in [0.1, 0.15) is 24.7 Å². The number of ether oxygens (including phenoxy) is 3. The Kier molecular flexibility index (Phi) is 7.10. The average molecular weight is 300 g/mol. The van der Waals surface area contributed by atoms with Crippen molar-refractivity contribution in [3.63, 3.8) is 0 Å². The largest absolute Gasteiger partial charge is 0.385 e. The van der Waals surface area contributed by atoms with Gasteiger partial charge in [-0.05, 0) is 24.0 Å². The molecule has 2 aromatic rings. The van der Waals surface area contributed by atoms with E-state index in [0.717, 1.165) is 25.0 Å². The van der Waals surface area contributed by atoms with Gasteiger partial charge in [-0.2, -0.15) is 0 Å². The van der Waals surface area contributed by atoms with Crippen molar-refractivity contribution in [1.29, 1.82) is 0 Å². The van der Waals surface area contributed by atoms with Gasteiger partial charge in [0.2, 0.25) is 0 Å². The Hall–Kier alpha value is -1.68. The van der Waals surface area contributed by atoms with Crippen LogP contribution in [-0.2, 0) is 14.2 Å². The molecule has 0 aliphatic carbocycles. The highest BCUT2D eigenvalue weighted by atomic mass is 16.7. The summed E-state index contributed by atoms with van der Waals surface area (Å²) in [6.45, 7) is 1.44. The van der Waals surface area contributed by atoms with E-state index >= 15 is 0 Å². The number of methoxy groups -OCH3 is 2. The highest BCUT2D eigenvalue weighted by Crippen LogP contribution is 2.24. The summed E-state index contributed by atoms with van der Waals surface area (Å²) in [5.74, 6) is 0. The topological polar surface area (TPSA) is 27.7 Å². The van der Waals surface area contributed by atoms with Crippen LogP contribution in [0.3, 0.4) is 0 Å². The summed E-state index contributed by atoms with van der Waals surface area (Å²) in [4.78, 5) is 0. The minimum Gasteiger partial charge on any atom is -0.385 e. The molecule has 3 heteroatoms. The van der Waals surface area contributed by atoms with Gasteiger partial charge in [0.05, 0.1) is 6.61 Å². The van der Waals surface area contributed by atoms with Gasteiger partial charge >= 0.3 is 0 Å². The van der Waals surface area contributed by atoms with Gasteiger partial charge < -0.3 is 14.2 Å². The Morgan fingerprint density at radius 3 is 2.05 bits per heavy atom. The Balaban J connectivity index is 1.93. The standard InChI is InChI=1S/C19H24O3/c1-20-14-6-7-15-22-19(21-2)18-12-10-17(11-13-18)16-8-4-3-5-9-16/h3-5,8-13,19H,6-7,14-15H2,1-2H3. The highest BCUT2D eigenvalue weighted by molar-refractivity contribution is 5.63. The third kappa shape index (κ3) is 4.95. The lowest BCUT2D eigenvalue weighted by Crippen LogP contribution is -2.08. The van der Waals surface area contributed by atoms with E-state index in [1.54, 1.807) is 14.2 Å². The first-order chi connectivity index (χ1) is 10.8. The highest BCUT2D eigenvalue weighted by Gasteiger charge is 2.10. The van der Waals surface area contributed by atoms with Gasteiger partial charge in [-0.15, -0.1) is 0 Å². The maximum Gasteiger partial charge on any atom is 0.183 e. The number of rotatable bonds is 9. The average Bonchev–Trinajstić information content (AvgIpc) is 2.59. The molecule has 0 aliphatic rings. The molecule has 0 aromatic heterocycles. The maximum atomic E-state index is 5.79. The van der Waals surface area contributed by atoms with E-state index in [1.807, 2.05) is 18.2 Å². The zero-order valence-electron chi connectivity index (χ0n) is 13.3. The van der Waals surface area contributed by atoms with E-state index in [9.17, 15) is 0 Å². The molecule has 1 atom stereocenters. The molecule has 1 unspecified atom stereocenters.